The molecule has 0 spiro atoms. The SMILES string of the molecule is C[C@H]1[C@H](C)CCC[C@@H]1NC(=O)c1cncn1-c1cccc(-c2cccc(Cl)c2)c1. The van der Waals surface area contributed by atoms with Crippen LogP contribution in [0.5, 0.6) is 0 Å². The zero-order valence-corrected chi connectivity index (χ0v) is 17.6. The molecule has 3 atom stereocenters. The summed E-state index contributed by atoms with van der Waals surface area (Å²) in [6, 6.07) is 16.0. The van der Waals surface area contributed by atoms with Gasteiger partial charge in [-0.3, -0.25) is 9.36 Å². The molecule has 1 heterocycles. The maximum Gasteiger partial charge on any atom is 0.270 e. The zero-order valence-electron chi connectivity index (χ0n) is 16.8. The van der Waals surface area contributed by atoms with Gasteiger partial charge in [-0.1, -0.05) is 62.6 Å². The third-order valence-electron chi connectivity index (χ3n) is 6.18. The van der Waals surface area contributed by atoms with E-state index in [1.54, 1.807) is 12.5 Å². The maximum absolute atomic E-state index is 13.0. The molecular formula is C24H26ClN3O. The third-order valence-corrected chi connectivity index (χ3v) is 6.41. The highest BCUT2D eigenvalue weighted by atomic mass is 35.5. The van der Waals surface area contributed by atoms with Crippen molar-refractivity contribution in [2.45, 2.75) is 39.2 Å². The summed E-state index contributed by atoms with van der Waals surface area (Å²) in [5, 5.41) is 3.95. The van der Waals surface area contributed by atoms with Crippen LogP contribution >= 0.6 is 11.6 Å². The first-order valence-electron chi connectivity index (χ1n) is 10.2. The van der Waals surface area contributed by atoms with Gasteiger partial charge in [-0.15, -0.1) is 0 Å². The van der Waals surface area contributed by atoms with E-state index in [0.29, 0.717) is 22.6 Å². The largest absolute Gasteiger partial charge is 0.348 e. The minimum Gasteiger partial charge on any atom is -0.348 e. The number of aromatic nitrogens is 2. The van der Waals surface area contributed by atoms with Gasteiger partial charge in [-0.2, -0.15) is 0 Å². The van der Waals surface area contributed by atoms with E-state index in [-0.39, 0.29) is 11.9 Å². The molecule has 1 amide bonds. The van der Waals surface area contributed by atoms with Gasteiger partial charge >= 0.3 is 0 Å². The smallest absolute Gasteiger partial charge is 0.270 e. The molecule has 29 heavy (non-hydrogen) atoms. The first-order chi connectivity index (χ1) is 14.0. The fourth-order valence-corrected chi connectivity index (χ4v) is 4.39. The monoisotopic (exact) mass is 407 g/mol. The normalized spacial score (nSPS) is 21.7. The number of hydrogen-bond donors (Lipinski definition) is 1. The molecule has 1 aliphatic rings. The van der Waals surface area contributed by atoms with Crippen LogP contribution in [0.1, 0.15) is 43.6 Å². The second-order valence-corrected chi connectivity index (χ2v) is 8.49. The van der Waals surface area contributed by atoms with Crippen molar-refractivity contribution in [3.8, 4) is 16.8 Å². The molecule has 0 radical (unpaired) electrons. The number of nitrogens with zero attached hydrogens (tertiary/aromatic N) is 2. The molecule has 4 rings (SSSR count). The molecule has 1 aromatic heterocycles. The minimum absolute atomic E-state index is 0.0680. The quantitative estimate of drug-likeness (QED) is 0.598. The Hall–Kier alpha value is -2.59. The molecule has 1 saturated carbocycles. The van der Waals surface area contributed by atoms with Crippen LogP contribution in [0.3, 0.4) is 0 Å². The van der Waals surface area contributed by atoms with Gasteiger partial charge in [0.1, 0.15) is 5.69 Å². The van der Waals surface area contributed by atoms with Crippen molar-refractivity contribution in [2.75, 3.05) is 0 Å². The average Bonchev–Trinajstić information content (AvgIpc) is 3.22. The number of benzene rings is 2. The van der Waals surface area contributed by atoms with Crippen LogP contribution in [-0.2, 0) is 0 Å². The van der Waals surface area contributed by atoms with Gasteiger partial charge in [-0.05, 0) is 53.6 Å². The van der Waals surface area contributed by atoms with Crippen molar-refractivity contribution in [3.63, 3.8) is 0 Å². The van der Waals surface area contributed by atoms with Crippen LogP contribution < -0.4 is 5.32 Å². The number of carbonyl (C=O) groups excluding carboxylic acids is 1. The molecule has 1 fully saturated rings. The van der Waals surface area contributed by atoms with Gasteiger partial charge in [0.05, 0.1) is 12.5 Å². The number of carbonyl (C=O) groups is 1. The second-order valence-electron chi connectivity index (χ2n) is 8.06. The Morgan fingerprint density at radius 1 is 1.10 bits per heavy atom. The molecule has 1 aliphatic carbocycles. The number of amides is 1. The van der Waals surface area contributed by atoms with Gasteiger partial charge in [0.2, 0.25) is 0 Å². The van der Waals surface area contributed by atoms with Crippen LogP contribution in [0, 0.1) is 11.8 Å². The Kier molecular flexibility index (Phi) is 5.72. The number of imidazole rings is 1. The minimum atomic E-state index is -0.0680. The number of hydrogen-bond acceptors (Lipinski definition) is 2. The molecule has 0 unspecified atom stereocenters. The average molecular weight is 408 g/mol. The molecule has 0 bridgehead atoms. The van der Waals surface area contributed by atoms with E-state index >= 15 is 0 Å². The van der Waals surface area contributed by atoms with E-state index in [1.807, 2.05) is 47.0 Å². The standard InChI is InChI=1S/C24H26ClN3O/c1-16-6-3-11-22(17(16)2)27-24(29)23-14-26-15-28(23)21-10-5-8-19(13-21)18-7-4-9-20(25)12-18/h4-5,7-10,12-17,22H,3,6,11H2,1-2H3,(H,27,29)/t16-,17+,22+/m1/s1. The molecule has 5 heteroatoms. The molecule has 3 aromatic rings. The summed E-state index contributed by atoms with van der Waals surface area (Å²) in [6.07, 6.45) is 6.77. The highest BCUT2D eigenvalue weighted by Gasteiger charge is 2.29. The first kappa shape index (κ1) is 19.7. The number of rotatable bonds is 4. The van der Waals surface area contributed by atoms with Gasteiger partial charge in [0.15, 0.2) is 0 Å². The van der Waals surface area contributed by atoms with E-state index in [2.05, 4.69) is 30.2 Å². The Morgan fingerprint density at radius 3 is 2.66 bits per heavy atom. The molecule has 0 saturated heterocycles. The highest BCUT2D eigenvalue weighted by molar-refractivity contribution is 6.30. The third kappa shape index (κ3) is 4.23. The summed E-state index contributed by atoms with van der Waals surface area (Å²) in [5.74, 6) is 1.05. The summed E-state index contributed by atoms with van der Waals surface area (Å²) in [6.45, 7) is 4.51. The second kappa shape index (κ2) is 8.42. The summed E-state index contributed by atoms with van der Waals surface area (Å²) >= 11 is 6.15. The lowest BCUT2D eigenvalue weighted by Crippen LogP contribution is -2.44. The van der Waals surface area contributed by atoms with Crippen LogP contribution in [0.4, 0.5) is 0 Å². The van der Waals surface area contributed by atoms with E-state index < -0.39 is 0 Å². The van der Waals surface area contributed by atoms with Crippen LogP contribution in [-0.4, -0.2) is 21.5 Å². The predicted octanol–water partition coefficient (Wildman–Crippen LogP) is 5.75. The Bertz CT molecular complexity index is 1010. The lowest BCUT2D eigenvalue weighted by atomic mass is 9.78. The van der Waals surface area contributed by atoms with Crippen molar-refractivity contribution in [2.24, 2.45) is 11.8 Å². The molecule has 150 valence electrons. The number of nitrogens with one attached hydrogen (secondary N) is 1. The first-order valence-corrected chi connectivity index (χ1v) is 10.6. The van der Waals surface area contributed by atoms with Crippen molar-refractivity contribution >= 4 is 17.5 Å². The van der Waals surface area contributed by atoms with E-state index in [4.69, 9.17) is 11.6 Å². The highest BCUT2D eigenvalue weighted by Crippen LogP contribution is 2.30. The van der Waals surface area contributed by atoms with Crippen LogP contribution in [0.2, 0.25) is 5.02 Å². The van der Waals surface area contributed by atoms with Gasteiger partial charge in [0.25, 0.3) is 5.91 Å². The lowest BCUT2D eigenvalue weighted by molar-refractivity contribution is 0.0884. The molecule has 2 aromatic carbocycles. The van der Waals surface area contributed by atoms with Gasteiger partial charge in [-0.25, -0.2) is 4.98 Å². The van der Waals surface area contributed by atoms with Gasteiger partial charge < -0.3 is 5.32 Å². The fraction of sp³-hybridized carbons (Fsp3) is 0.333. The van der Waals surface area contributed by atoms with Crippen LogP contribution in [0.25, 0.3) is 16.8 Å². The summed E-state index contributed by atoms with van der Waals surface area (Å²) < 4.78 is 1.85. The van der Waals surface area contributed by atoms with E-state index in [0.717, 1.165) is 29.7 Å². The molecule has 0 aliphatic heterocycles. The molecular weight excluding hydrogens is 382 g/mol. The number of halogens is 1. The fourth-order valence-electron chi connectivity index (χ4n) is 4.20. The zero-order chi connectivity index (χ0) is 20.4. The van der Waals surface area contributed by atoms with E-state index in [9.17, 15) is 4.79 Å². The lowest BCUT2D eigenvalue weighted by Gasteiger charge is -2.34. The predicted molar refractivity (Wildman–Crippen MR) is 117 cm³/mol. The van der Waals surface area contributed by atoms with Crippen molar-refractivity contribution < 1.29 is 4.79 Å². The van der Waals surface area contributed by atoms with E-state index in [1.165, 1.54) is 6.42 Å². The van der Waals surface area contributed by atoms with Crippen LogP contribution in [0.15, 0.2) is 61.1 Å². The Labute approximate surface area is 176 Å². The van der Waals surface area contributed by atoms with Crippen molar-refractivity contribution in [3.05, 3.63) is 71.8 Å². The Balaban J connectivity index is 1.59. The molecule has 4 nitrogen and oxygen atoms in total. The maximum atomic E-state index is 13.0. The summed E-state index contributed by atoms with van der Waals surface area (Å²) in [7, 11) is 0. The summed E-state index contributed by atoms with van der Waals surface area (Å²) in [4.78, 5) is 17.3. The summed E-state index contributed by atoms with van der Waals surface area (Å²) in [5.41, 5.74) is 3.53. The van der Waals surface area contributed by atoms with Crippen molar-refractivity contribution in [1.82, 2.24) is 14.9 Å². The van der Waals surface area contributed by atoms with Gasteiger partial charge in [0, 0.05) is 16.8 Å². The van der Waals surface area contributed by atoms with Crippen molar-refractivity contribution in [1.29, 1.82) is 0 Å². The topological polar surface area (TPSA) is 46.9 Å². The molecule has 1 N–H and O–H groups in total. The Morgan fingerprint density at radius 2 is 1.86 bits per heavy atom.